The molecule has 0 unspecified atom stereocenters. The Labute approximate surface area is 201 Å². The summed E-state index contributed by atoms with van der Waals surface area (Å²) in [5.74, 6) is 0.800. The van der Waals surface area contributed by atoms with Gasteiger partial charge < -0.3 is 15.0 Å². The molecular formula is C25H30ClN3O3S. The molecule has 8 heteroatoms. The van der Waals surface area contributed by atoms with Gasteiger partial charge >= 0.3 is 0 Å². The second-order valence-electron chi connectivity index (χ2n) is 7.94. The number of nitrogens with one attached hydrogen (secondary N) is 1. The molecule has 0 radical (unpaired) electrons. The van der Waals surface area contributed by atoms with Gasteiger partial charge in [0.15, 0.2) is 0 Å². The summed E-state index contributed by atoms with van der Waals surface area (Å²) >= 11 is 5.97. The van der Waals surface area contributed by atoms with Gasteiger partial charge in [0.05, 0.1) is 16.3 Å². The minimum Gasteiger partial charge on any atom is -0.492 e. The maximum Gasteiger partial charge on any atom is 0.264 e. The minimum atomic E-state index is -3.79. The van der Waals surface area contributed by atoms with Crippen molar-refractivity contribution < 1.29 is 13.2 Å². The van der Waals surface area contributed by atoms with E-state index in [0.29, 0.717) is 37.0 Å². The smallest absolute Gasteiger partial charge is 0.264 e. The van der Waals surface area contributed by atoms with Crippen LogP contribution in [0.4, 0.5) is 11.4 Å². The van der Waals surface area contributed by atoms with Crippen molar-refractivity contribution in [2.45, 2.75) is 11.8 Å². The predicted molar refractivity (Wildman–Crippen MR) is 136 cm³/mol. The van der Waals surface area contributed by atoms with E-state index in [1.54, 1.807) is 12.1 Å². The Balaban J connectivity index is 1.80. The van der Waals surface area contributed by atoms with Gasteiger partial charge in [-0.05, 0) is 69.6 Å². The van der Waals surface area contributed by atoms with Gasteiger partial charge in [-0.25, -0.2) is 8.42 Å². The van der Waals surface area contributed by atoms with Crippen LogP contribution in [0.15, 0.2) is 77.7 Å². The molecular weight excluding hydrogens is 458 g/mol. The monoisotopic (exact) mass is 487 g/mol. The molecule has 6 nitrogen and oxygen atoms in total. The van der Waals surface area contributed by atoms with Crippen LogP contribution in [-0.4, -0.2) is 53.7 Å². The highest BCUT2D eigenvalue weighted by Gasteiger charge is 2.26. The van der Waals surface area contributed by atoms with Crippen LogP contribution in [0.3, 0.4) is 0 Å². The van der Waals surface area contributed by atoms with Crippen LogP contribution in [-0.2, 0) is 10.0 Å². The van der Waals surface area contributed by atoms with Gasteiger partial charge in [0, 0.05) is 24.7 Å². The van der Waals surface area contributed by atoms with E-state index in [4.69, 9.17) is 16.3 Å². The summed E-state index contributed by atoms with van der Waals surface area (Å²) in [6.07, 6.45) is 0. The molecule has 0 fully saturated rings. The molecule has 0 aliphatic heterocycles. The first-order valence-corrected chi connectivity index (χ1v) is 12.5. The van der Waals surface area contributed by atoms with E-state index in [1.807, 2.05) is 74.4 Å². The maximum absolute atomic E-state index is 13.6. The van der Waals surface area contributed by atoms with Crippen LogP contribution in [0.2, 0.25) is 5.02 Å². The van der Waals surface area contributed by atoms with Crippen LogP contribution in [0.5, 0.6) is 5.75 Å². The Morgan fingerprint density at radius 3 is 2.24 bits per heavy atom. The van der Waals surface area contributed by atoms with Gasteiger partial charge in [0.25, 0.3) is 10.0 Å². The summed E-state index contributed by atoms with van der Waals surface area (Å²) in [5, 5.41) is 3.82. The number of likely N-dealkylation sites (N-methyl/N-ethyl adjacent to an activating group) is 1. The number of hydrogen-bond acceptors (Lipinski definition) is 5. The molecule has 0 saturated heterocycles. The van der Waals surface area contributed by atoms with Crippen molar-refractivity contribution >= 4 is 33.0 Å². The molecule has 1 N–H and O–H groups in total. The quantitative estimate of drug-likeness (QED) is 0.390. The number of ether oxygens (including phenoxy) is 1. The van der Waals surface area contributed by atoms with Crippen LogP contribution < -0.4 is 14.4 Å². The Hall–Kier alpha value is -2.74. The summed E-state index contributed by atoms with van der Waals surface area (Å²) in [5.41, 5.74) is 2.49. The molecule has 33 heavy (non-hydrogen) atoms. The number of benzene rings is 3. The Morgan fingerprint density at radius 1 is 0.909 bits per heavy atom. The van der Waals surface area contributed by atoms with E-state index < -0.39 is 10.0 Å². The topological polar surface area (TPSA) is 61.9 Å². The highest BCUT2D eigenvalue weighted by Crippen LogP contribution is 2.31. The van der Waals surface area contributed by atoms with Gasteiger partial charge in [0.1, 0.15) is 12.4 Å². The highest BCUT2D eigenvalue weighted by atomic mass is 35.5. The number of hydrogen-bond donors (Lipinski definition) is 1. The van der Waals surface area contributed by atoms with Gasteiger partial charge in [-0.15, -0.1) is 0 Å². The molecule has 3 aromatic rings. The zero-order valence-electron chi connectivity index (χ0n) is 19.2. The zero-order chi connectivity index (χ0) is 23.8. The summed E-state index contributed by atoms with van der Waals surface area (Å²) in [4.78, 5) is 2.15. The predicted octanol–water partition coefficient (Wildman–Crippen LogP) is 4.90. The minimum absolute atomic E-state index is 0.197. The van der Waals surface area contributed by atoms with Crippen molar-refractivity contribution in [3.05, 3.63) is 83.4 Å². The second-order valence-corrected chi connectivity index (χ2v) is 10.2. The molecule has 0 bridgehead atoms. The number of nitrogens with zero attached hydrogens (tertiary/aromatic N) is 2. The van der Waals surface area contributed by atoms with Crippen molar-refractivity contribution in [2.24, 2.45) is 0 Å². The van der Waals surface area contributed by atoms with Crippen LogP contribution in [0.25, 0.3) is 0 Å². The normalized spacial score (nSPS) is 11.4. The van der Waals surface area contributed by atoms with Crippen LogP contribution in [0, 0.1) is 6.92 Å². The highest BCUT2D eigenvalue weighted by molar-refractivity contribution is 7.92. The largest absolute Gasteiger partial charge is 0.492 e. The number of rotatable bonds is 11. The SMILES string of the molecule is Cc1ccc(OCCNc2ccccc2N(CCN(C)C)S(=O)(=O)c2ccc(Cl)cc2)cc1. The van der Waals surface area contributed by atoms with Gasteiger partial charge in [0.2, 0.25) is 0 Å². The van der Waals surface area contributed by atoms with E-state index in [-0.39, 0.29) is 4.90 Å². The molecule has 0 amide bonds. The molecule has 0 aromatic heterocycles. The molecule has 0 atom stereocenters. The van der Waals surface area contributed by atoms with Gasteiger partial charge in [-0.2, -0.15) is 0 Å². The summed E-state index contributed by atoms with van der Waals surface area (Å²) < 4.78 is 34.4. The third kappa shape index (κ3) is 6.87. The average Bonchev–Trinajstić information content (AvgIpc) is 2.79. The number of anilines is 2. The van der Waals surface area contributed by atoms with E-state index in [9.17, 15) is 8.42 Å². The van der Waals surface area contributed by atoms with Crippen molar-refractivity contribution in [3.8, 4) is 5.75 Å². The summed E-state index contributed by atoms with van der Waals surface area (Å²) in [6, 6.07) is 21.5. The fourth-order valence-corrected chi connectivity index (χ4v) is 4.83. The fourth-order valence-electron chi connectivity index (χ4n) is 3.22. The number of sulfonamides is 1. The van der Waals surface area contributed by atoms with E-state index in [1.165, 1.54) is 22.0 Å². The van der Waals surface area contributed by atoms with Gasteiger partial charge in [-0.1, -0.05) is 41.4 Å². The van der Waals surface area contributed by atoms with Crippen molar-refractivity contribution in [1.29, 1.82) is 0 Å². The lowest BCUT2D eigenvalue weighted by Gasteiger charge is -2.28. The molecule has 176 valence electrons. The molecule has 3 aromatic carbocycles. The van der Waals surface area contributed by atoms with Crippen LogP contribution >= 0.6 is 11.6 Å². The lowest BCUT2D eigenvalue weighted by atomic mass is 10.2. The summed E-state index contributed by atoms with van der Waals surface area (Å²) in [7, 11) is 0.0427. The average molecular weight is 488 g/mol. The lowest BCUT2D eigenvalue weighted by molar-refractivity contribution is 0.333. The van der Waals surface area contributed by atoms with Crippen LogP contribution in [0.1, 0.15) is 5.56 Å². The molecule has 0 saturated carbocycles. The first kappa shape index (κ1) is 24.9. The summed E-state index contributed by atoms with van der Waals surface area (Å²) in [6.45, 7) is 3.86. The molecule has 0 heterocycles. The Bertz CT molecular complexity index is 1130. The lowest BCUT2D eigenvalue weighted by Crippen LogP contribution is -2.37. The van der Waals surface area contributed by atoms with Crippen molar-refractivity contribution in [2.75, 3.05) is 50.0 Å². The number of para-hydroxylation sites is 2. The number of halogens is 1. The maximum atomic E-state index is 13.6. The standard InChI is InChI=1S/C25H30ClN3O3S/c1-20-8-12-22(13-9-20)32-19-16-27-24-6-4-5-7-25(24)29(18-17-28(2)3)33(30,31)23-14-10-21(26)11-15-23/h4-15,27H,16-19H2,1-3H3. The molecule has 3 rings (SSSR count). The zero-order valence-corrected chi connectivity index (χ0v) is 20.7. The van der Waals surface area contributed by atoms with E-state index >= 15 is 0 Å². The molecule has 0 aliphatic rings. The van der Waals surface area contributed by atoms with E-state index in [0.717, 1.165) is 11.4 Å². The van der Waals surface area contributed by atoms with E-state index in [2.05, 4.69) is 5.32 Å². The number of aryl methyl sites for hydroxylation is 1. The molecule has 0 spiro atoms. The Morgan fingerprint density at radius 2 is 1.58 bits per heavy atom. The first-order valence-electron chi connectivity index (χ1n) is 10.7. The van der Waals surface area contributed by atoms with Gasteiger partial charge in [-0.3, -0.25) is 4.31 Å². The first-order chi connectivity index (χ1) is 15.8. The molecule has 0 aliphatic carbocycles. The Kier molecular flexibility index (Phi) is 8.61. The third-order valence-corrected chi connectivity index (χ3v) is 7.11. The third-order valence-electron chi connectivity index (χ3n) is 5.03. The van der Waals surface area contributed by atoms with Crippen molar-refractivity contribution in [1.82, 2.24) is 4.90 Å². The second kappa shape index (κ2) is 11.4. The fraction of sp³-hybridized carbons (Fsp3) is 0.280. The van der Waals surface area contributed by atoms with Crippen molar-refractivity contribution in [3.63, 3.8) is 0 Å².